The van der Waals surface area contributed by atoms with E-state index in [1.165, 1.54) is 6.07 Å². The van der Waals surface area contributed by atoms with Crippen molar-refractivity contribution in [2.75, 3.05) is 0 Å². The Morgan fingerprint density at radius 3 is 2.60 bits per heavy atom. The molecule has 0 amide bonds. The standard InChI is InChI=1S/C13H17FO/c1-2-10-11(6-5-7-12(10)14)13(15)8-3-4-9-13/h5-7,15H,2-4,8-9H2,1H3. The molecule has 1 saturated carbocycles. The minimum atomic E-state index is -0.770. The molecule has 1 fully saturated rings. The van der Waals surface area contributed by atoms with Crippen LogP contribution in [0.1, 0.15) is 43.7 Å². The molecule has 1 aliphatic carbocycles. The molecular weight excluding hydrogens is 191 g/mol. The van der Waals surface area contributed by atoms with E-state index < -0.39 is 5.60 Å². The average molecular weight is 208 g/mol. The van der Waals surface area contributed by atoms with Crippen molar-refractivity contribution in [3.05, 3.63) is 35.1 Å². The topological polar surface area (TPSA) is 20.2 Å². The van der Waals surface area contributed by atoms with E-state index in [-0.39, 0.29) is 5.82 Å². The van der Waals surface area contributed by atoms with Crippen LogP contribution in [-0.2, 0) is 12.0 Å². The van der Waals surface area contributed by atoms with Crippen molar-refractivity contribution in [3.63, 3.8) is 0 Å². The maximum Gasteiger partial charge on any atom is 0.126 e. The summed E-state index contributed by atoms with van der Waals surface area (Å²) in [4.78, 5) is 0. The third-order valence-electron chi connectivity index (χ3n) is 3.40. The third kappa shape index (κ3) is 1.78. The predicted octanol–water partition coefficient (Wildman–Crippen LogP) is 3.15. The number of hydrogen-bond donors (Lipinski definition) is 1. The molecule has 1 N–H and O–H groups in total. The lowest BCUT2D eigenvalue weighted by Crippen LogP contribution is -2.23. The lowest BCUT2D eigenvalue weighted by Gasteiger charge is -2.25. The van der Waals surface area contributed by atoms with Gasteiger partial charge in [0.15, 0.2) is 0 Å². The summed E-state index contributed by atoms with van der Waals surface area (Å²) in [6.07, 6.45) is 4.25. The molecule has 82 valence electrons. The Kier molecular flexibility index (Phi) is 2.79. The van der Waals surface area contributed by atoms with E-state index in [1.54, 1.807) is 6.07 Å². The van der Waals surface area contributed by atoms with Crippen LogP contribution >= 0.6 is 0 Å². The number of aliphatic hydroxyl groups is 1. The molecule has 0 radical (unpaired) electrons. The van der Waals surface area contributed by atoms with E-state index in [4.69, 9.17) is 0 Å². The zero-order chi connectivity index (χ0) is 10.9. The first-order valence-electron chi connectivity index (χ1n) is 5.67. The number of benzene rings is 1. The van der Waals surface area contributed by atoms with E-state index in [2.05, 4.69) is 0 Å². The van der Waals surface area contributed by atoms with Gasteiger partial charge in [-0.15, -0.1) is 0 Å². The summed E-state index contributed by atoms with van der Waals surface area (Å²) in [6, 6.07) is 5.04. The molecule has 0 saturated heterocycles. The smallest absolute Gasteiger partial charge is 0.126 e. The normalized spacial score (nSPS) is 19.4. The zero-order valence-corrected chi connectivity index (χ0v) is 9.09. The number of hydrogen-bond acceptors (Lipinski definition) is 1. The van der Waals surface area contributed by atoms with Crippen LogP contribution < -0.4 is 0 Å². The highest BCUT2D eigenvalue weighted by atomic mass is 19.1. The average Bonchev–Trinajstić information content (AvgIpc) is 2.66. The maximum atomic E-state index is 13.6. The molecule has 0 spiro atoms. The first kappa shape index (κ1) is 10.6. The summed E-state index contributed by atoms with van der Waals surface area (Å²) in [5.41, 5.74) is 0.720. The minimum absolute atomic E-state index is 0.185. The summed E-state index contributed by atoms with van der Waals surface area (Å²) in [7, 11) is 0. The zero-order valence-electron chi connectivity index (χ0n) is 9.09. The van der Waals surface area contributed by atoms with Crippen LogP contribution in [0.4, 0.5) is 4.39 Å². The minimum Gasteiger partial charge on any atom is -0.385 e. The Morgan fingerprint density at radius 1 is 1.33 bits per heavy atom. The Bertz CT molecular complexity index is 354. The van der Waals surface area contributed by atoms with Gasteiger partial charge in [-0.25, -0.2) is 4.39 Å². The van der Waals surface area contributed by atoms with Gasteiger partial charge < -0.3 is 5.11 Å². The van der Waals surface area contributed by atoms with Crippen LogP contribution in [-0.4, -0.2) is 5.11 Å². The fourth-order valence-corrected chi connectivity index (χ4v) is 2.58. The quantitative estimate of drug-likeness (QED) is 0.791. The van der Waals surface area contributed by atoms with Gasteiger partial charge in [0.1, 0.15) is 5.82 Å². The Balaban J connectivity index is 2.47. The van der Waals surface area contributed by atoms with Crippen LogP contribution in [0.2, 0.25) is 0 Å². The van der Waals surface area contributed by atoms with Gasteiger partial charge >= 0.3 is 0 Å². The second kappa shape index (κ2) is 3.93. The molecule has 1 aromatic carbocycles. The lowest BCUT2D eigenvalue weighted by molar-refractivity contribution is 0.0432. The molecule has 1 nitrogen and oxygen atoms in total. The first-order chi connectivity index (χ1) is 7.17. The molecule has 0 atom stereocenters. The fraction of sp³-hybridized carbons (Fsp3) is 0.538. The van der Waals surface area contributed by atoms with E-state index in [9.17, 15) is 9.50 Å². The van der Waals surface area contributed by atoms with Crippen LogP contribution in [0.25, 0.3) is 0 Å². The van der Waals surface area contributed by atoms with Gasteiger partial charge in [-0.05, 0) is 36.5 Å². The van der Waals surface area contributed by atoms with Gasteiger partial charge in [-0.2, -0.15) is 0 Å². The van der Waals surface area contributed by atoms with Crippen molar-refractivity contribution < 1.29 is 9.50 Å². The molecular formula is C13H17FO. The molecule has 0 aliphatic heterocycles. The fourth-order valence-electron chi connectivity index (χ4n) is 2.58. The monoisotopic (exact) mass is 208 g/mol. The molecule has 2 heteroatoms. The van der Waals surface area contributed by atoms with E-state index in [1.807, 2.05) is 13.0 Å². The SMILES string of the molecule is CCc1c(F)cccc1C1(O)CCCC1. The van der Waals surface area contributed by atoms with Gasteiger partial charge in [0.05, 0.1) is 5.60 Å². The van der Waals surface area contributed by atoms with Crippen molar-refractivity contribution in [2.45, 2.75) is 44.6 Å². The van der Waals surface area contributed by atoms with Crippen molar-refractivity contribution in [2.24, 2.45) is 0 Å². The van der Waals surface area contributed by atoms with E-state index >= 15 is 0 Å². The maximum absolute atomic E-state index is 13.6. The van der Waals surface area contributed by atoms with Crippen LogP contribution in [0.15, 0.2) is 18.2 Å². The Hall–Kier alpha value is -0.890. The highest BCUT2D eigenvalue weighted by molar-refractivity contribution is 5.34. The highest BCUT2D eigenvalue weighted by Gasteiger charge is 2.35. The van der Waals surface area contributed by atoms with Crippen molar-refractivity contribution in [3.8, 4) is 0 Å². The highest BCUT2D eigenvalue weighted by Crippen LogP contribution is 2.40. The summed E-state index contributed by atoms with van der Waals surface area (Å²) < 4.78 is 13.6. The van der Waals surface area contributed by atoms with Crippen LogP contribution in [0.3, 0.4) is 0 Å². The molecule has 2 rings (SSSR count). The van der Waals surface area contributed by atoms with Gasteiger partial charge in [0.25, 0.3) is 0 Å². The van der Waals surface area contributed by atoms with Gasteiger partial charge in [-0.1, -0.05) is 31.9 Å². The molecule has 0 aromatic heterocycles. The lowest BCUT2D eigenvalue weighted by atomic mass is 9.87. The summed E-state index contributed by atoms with van der Waals surface area (Å²) in [5, 5.41) is 10.4. The molecule has 1 aliphatic rings. The first-order valence-corrected chi connectivity index (χ1v) is 5.67. The van der Waals surface area contributed by atoms with Crippen LogP contribution in [0, 0.1) is 5.82 Å². The Labute approximate surface area is 89.9 Å². The molecule has 0 heterocycles. The second-order valence-corrected chi connectivity index (χ2v) is 4.36. The van der Waals surface area contributed by atoms with Crippen molar-refractivity contribution >= 4 is 0 Å². The van der Waals surface area contributed by atoms with Crippen LogP contribution in [0.5, 0.6) is 0 Å². The molecule has 15 heavy (non-hydrogen) atoms. The predicted molar refractivity (Wildman–Crippen MR) is 58.1 cm³/mol. The Morgan fingerprint density at radius 2 is 2.00 bits per heavy atom. The molecule has 0 bridgehead atoms. The second-order valence-electron chi connectivity index (χ2n) is 4.36. The third-order valence-corrected chi connectivity index (χ3v) is 3.40. The van der Waals surface area contributed by atoms with E-state index in [0.717, 1.165) is 31.2 Å². The number of halogens is 1. The van der Waals surface area contributed by atoms with Crippen molar-refractivity contribution in [1.29, 1.82) is 0 Å². The molecule has 0 unspecified atom stereocenters. The largest absolute Gasteiger partial charge is 0.385 e. The van der Waals surface area contributed by atoms with Gasteiger partial charge in [-0.3, -0.25) is 0 Å². The summed E-state index contributed by atoms with van der Waals surface area (Å²) in [6.45, 7) is 1.93. The van der Waals surface area contributed by atoms with E-state index in [0.29, 0.717) is 12.0 Å². The summed E-state index contributed by atoms with van der Waals surface area (Å²) >= 11 is 0. The molecule has 1 aromatic rings. The van der Waals surface area contributed by atoms with Crippen molar-refractivity contribution in [1.82, 2.24) is 0 Å². The van der Waals surface area contributed by atoms with Gasteiger partial charge in [0, 0.05) is 0 Å². The summed E-state index contributed by atoms with van der Waals surface area (Å²) in [5.74, 6) is -0.185. The number of rotatable bonds is 2. The van der Waals surface area contributed by atoms with Gasteiger partial charge in [0.2, 0.25) is 0 Å².